The number of carboxylic acids is 1. The van der Waals surface area contributed by atoms with Gasteiger partial charge in [-0.2, -0.15) is 0 Å². The van der Waals surface area contributed by atoms with Crippen LogP contribution in [0.2, 0.25) is 0 Å². The van der Waals surface area contributed by atoms with Crippen molar-refractivity contribution < 1.29 is 14.6 Å². The van der Waals surface area contributed by atoms with E-state index in [0.29, 0.717) is 23.3 Å². The van der Waals surface area contributed by atoms with Gasteiger partial charge in [0.15, 0.2) is 0 Å². The van der Waals surface area contributed by atoms with Crippen LogP contribution >= 0.6 is 0 Å². The van der Waals surface area contributed by atoms with Crippen molar-refractivity contribution in [1.29, 1.82) is 0 Å². The largest absolute Gasteiger partial charge is 0.496 e. The van der Waals surface area contributed by atoms with Gasteiger partial charge in [-0.1, -0.05) is 54.1 Å². The van der Waals surface area contributed by atoms with Gasteiger partial charge in [0.2, 0.25) is 0 Å². The highest BCUT2D eigenvalue weighted by Gasteiger charge is 2.18. The Morgan fingerprint density at radius 2 is 1.84 bits per heavy atom. The molecule has 0 fully saturated rings. The first-order valence-electron chi connectivity index (χ1n) is 8.24. The van der Waals surface area contributed by atoms with Crippen LogP contribution in [-0.4, -0.2) is 18.2 Å². The van der Waals surface area contributed by atoms with Gasteiger partial charge < -0.3 is 9.84 Å². The molecule has 0 saturated heterocycles. The molecule has 130 valence electrons. The number of carboxylic acid groups (broad SMARTS) is 1. The van der Waals surface area contributed by atoms with Crippen LogP contribution in [0.1, 0.15) is 46.5 Å². The van der Waals surface area contributed by atoms with E-state index < -0.39 is 5.97 Å². The highest BCUT2D eigenvalue weighted by atomic mass is 16.5. The molecule has 0 spiro atoms. The lowest BCUT2D eigenvalue weighted by Gasteiger charge is -2.15. The minimum atomic E-state index is -0.925. The zero-order chi connectivity index (χ0) is 18.4. The van der Waals surface area contributed by atoms with Crippen molar-refractivity contribution in [2.24, 2.45) is 0 Å². The summed E-state index contributed by atoms with van der Waals surface area (Å²) in [5, 5.41) is 9.72. The monoisotopic (exact) mass is 336 g/mol. The van der Waals surface area contributed by atoms with Crippen LogP contribution in [0.5, 0.6) is 5.75 Å². The van der Waals surface area contributed by atoms with E-state index in [2.05, 4.69) is 6.08 Å². The molecule has 0 aromatic heterocycles. The number of rotatable bonds is 6. The number of allylic oxidation sites excluding steroid dienone is 2. The topological polar surface area (TPSA) is 46.5 Å². The Balaban J connectivity index is 2.56. The summed E-state index contributed by atoms with van der Waals surface area (Å²) in [7, 11) is 1.62. The predicted octanol–water partition coefficient (Wildman–Crippen LogP) is 5.38. The molecule has 2 aromatic rings. The Morgan fingerprint density at radius 3 is 2.40 bits per heavy atom. The van der Waals surface area contributed by atoms with Gasteiger partial charge in [-0.25, -0.2) is 4.79 Å². The van der Waals surface area contributed by atoms with E-state index in [4.69, 9.17) is 4.74 Å². The lowest BCUT2D eigenvalue weighted by molar-refractivity contribution is 0.0695. The SMILES string of the molecule is COc1cc(/C=C/c2ccccc2)c(C(=O)O)c(C)c1CC=C(C)C. The molecule has 3 nitrogen and oxygen atoms in total. The fourth-order valence-corrected chi connectivity index (χ4v) is 2.76. The smallest absolute Gasteiger partial charge is 0.336 e. The molecule has 3 heteroatoms. The Morgan fingerprint density at radius 1 is 1.16 bits per heavy atom. The number of hydrogen-bond donors (Lipinski definition) is 1. The minimum Gasteiger partial charge on any atom is -0.496 e. The maximum atomic E-state index is 11.9. The molecule has 0 atom stereocenters. The van der Waals surface area contributed by atoms with Gasteiger partial charge in [0, 0.05) is 5.56 Å². The molecule has 0 amide bonds. The molecule has 0 radical (unpaired) electrons. The second-order valence-corrected chi connectivity index (χ2v) is 6.18. The average molecular weight is 336 g/mol. The van der Waals surface area contributed by atoms with E-state index in [9.17, 15) is 9.90 Å². The van der Waals surface area contributed by atoms with Crippen LogP contribution < -0.4 is 4.74 Å². The van der Waals surface area contributed by atoms with Crippen LogP contribution in [0.4, 0.5) is 0 Å². The highest BCUT2D eigenvalue weighted by molar-refractivity contribution is 5.96. The predicted molar refractivity (Wildman–Crippen MR) is 103 cm³/mol. The molecule has 2 rings (SSSR count). The molecule has 2 aromatic carbocycles. The second kappa shape index (κ2) is 8.34. The average Bonchev–Trinajstić information content (AvgIpc) is 2.58. The van der Waals surface area contributed by atoms with E-state index in [1.807, 2.05) is 69.3 Å². The van der Waals surface area contributed by atoms with Gasteiger partial charge in [-0.05, 0) is 49.9 Å². The molecular formula is C22H24O3. The summed E-state index contributed by atoms with van der Waals surface area (Å²) in [6.07, 6.45) is 6.48. The van der Waals surface area contributed by atoms with Crippen molar-refractivity contribution in [3.63, 3.8) is 0 Å². The highest BCUT2D eigenvalue weighted by Crippen LogP contribution is 2.31. The van der Waals surface area contributed by atoms with Gasteiger partial charge in [-0.15, -0.1) is 0 Å². The summed E-state index contributed by atoms with van der Waals surface area (Å²) in [5.41, 5.74) is 4.84. The molecule has 0 aliphatic carbocycles. The van der Waals surface area contributed by atoms with E-state index >= 15 is 0 Å². The number of methoxy groups -OCH3 is 1. The van der Waals surface area contributed by atoms with Gasteiger partial charge in [0.05, 0.1) is 12.7 Å². The van der Waals surface area contributed by atoms with E-state index in [1.165, 1.54) is 5.57 Å². The minimum absolute atomic E-state index is 0.324. The molecule has 0 bridgehead atoms. The summed E-state index contributed by atoms with van der Waals surface area (Å²) in [5.74, 6) is -0.209. The normalized spacial score (nSPS) is 10.7. The molecule has 0 heterocycles. The van der Waals surface area contributed by atoms with E-state index in [1.54, 1.807) is 7.11 Å². The van der Waals surface area contributed by atoms with Crippen molar-refractivity contribution in [1.82, 2.24) is 0 Å². The molecule has 0 aliphatic heterocycles. The second-order valence-electron chi connectivity index (χ2n) is 6.18. The number of aromatic carboxylic acids is 1. The lowest BCUT2D eigenvalue weighted by Crippen LogP contribution is -2.07. The number of carbonyl (C=O) groups is 1. The van der Waals surface area contributed by atoms with Crippen LogP contribution in [0.15, 0.2) is 48.0 Å². The molecule has 0 saturated carbocycles. The zero-order valence-electron chi connectivity index (χ0n) is 15.2. The van der Waals surface area contributed by atoms with Crippen LogP contribution in [-0.2, 0) is 6.42 Å². The van der Waals surface area contributed by atoms with Crippen LogP contribution in [0.3, 0.4) is 0 Å². The maximum absolute atomic E-state index is 11.9. The summed E-state index contributed by atoms with van der Waals surface area (Å²) in [6, 6.07) is 11.6. The van der Waals surface area contributed by atoms with Crippen molar-refractivity contribution in [2.75, 3.05) is 7.11 Å². The van der Waals surface area contributed by atoms with Gasteiger partial charge >= 0.3 is 5.97 Å². The third-order valence-electron chi connectivity index (χ3n) is 4.10. The van der Waals surface area contributed by atoms with Crippen molar-refractivity contribution in [3.8, 4) is 5.75 Å². The molecule has 1 N–H and O–H groups in total. The molecular weight excluding hydrogens is 312 g/mol. The summed E-state index contributed by atoms with van der Waals surface area (Å²) >= 11 is 0. The Kier molecular flexibility index (Phi) is 6.18. The van der Waals surface area contributed by atoms with Crippen LogP contribution in [0.25, 0.3) is 12.2 Å². The first-order valence-corrected chi connectivity index (χ1v) is 8.24. The Bertz CT molecular complexity index is 811. The summed E-state index contributed by atoms with van der Waals surface area (Å²) in [4.78, 5) is 11.9. The van der Waals surface area contributed by atoms with E-state index in [0.717, 1.165) is 16.7 Å². The fourth-order valence-electron chi connectivity index (χ4n) is 2.76. The maximum Gasteiger partial charge on any atom is 0.336 e. The third kappa shape index (κ3) is 4.60. The van der Waals surface area contributed by atoms with Crippen molar-refractivity contribution in [3.05, 3.63) is 75.9 Å². The number of hydrogen-bond acceptors (Lipinski definition) is 2. The zero-order valence-corrected chi connectivity index (χ0v) is 15.2. The van der Waals surface area contributed by atoms with Gasteiger partial charge in [-0.3, -0.25) is 0 Å². The first-order chi connectivity index (χ1) is 11.9. The van der Waals surface area contributed by atoms with Crippen molar-refractivity contribution >= 4 is 18.1 Å². The lowest BCUT2D eigenvalue weighted by atomic mass is 9.93. The Labute approximate surface area is 149 Å². The van der Waals surface area contributed by atoms with E-state index in [-0.39, 0.29) is 0 Å². The number of ether oxygens (including phenoxy) is 1. The van der Waals surface area contributed by atoms with Gasteiger partial charge in [0.1, 0.15) is 5.75 Å². The summed E-state index contributed by atoms with van der Waals surface area (Å²) in [6.45, 7) is 5.90. The number of benzene rings is 2. The first kappa shape index (κ1) is 18.5. The summed E-state index contributed by atoms with van der Waals surface area (Å²) < 4.78 is 5.53. The third-order valence-corrected chi connectivity index (χ3v) is 4.10. The Hall–Kier alpha value is -2.81. The van der Waals surface area contributed by atoms with Crippen molar-refractivity contribution in [2.45, 2.75) is 27.2 Å². The van der Waals surface area contributed by atoms with Crippen LogP contribution in [0, 0.1) is 6.92 Å². The molecule has 0 aliphatic rings. The standard InChI is InChI=1S/C22H24O3/c1-15(2)10-13-19-16(3)21(22(23)24)18(14-20(19)25-4)12-11-17-8-6-5-7-9-17/h5-12,14H,13H2,1-4H3,(H,23,24)/b12-11+. The van der Waals surface area contributed by atoms with Gasteiger partial charge in [0.25, 0.3) is 0 Å². The molecule has 0 unspecified atom stereocenters. The quantitative estimate of drug-likeness (QED) is 0.569. The molecule has 25 heavy (non-hydrogen) atoms. The fraction of sp³-hybridized carbons (Fsp3) is 0.227.